The summed E-state index contributed by atoms with van der Waals surface area (Å²) in [5.41, 5.74) is 7.51. The van der Waals surface area contributed by atoms with E-state index in [4.69, 9.17) is 15.2 Å². The third kappa shape index (κ3) is 9.37. The average Bonchev–Trinajstić information content (AvgIpc) is 2.88. The molecule has 0 saturated heterocycles. The molecule has 9 heteroatoms. The van der Waals surface area contributed by atoms with Crippen LogP contribution in [0.4, 0.5) is 15.3 Å². The second-order valence-corrected chi connectivity index (χ2v) is 10.8. The van der Waals surface area contributed by atoms with Crippen LogP contribution in [0.2, 0.25) is 0 Å². The van der Waals surface area contributed by atoms with Crippen molar-refractivity contribution in [1.82, 2.24) is 0 Å². The van der Waals surface area contributed by atoms with Crippen LogP contribution in [-0.2, 0) is 16.6 Å². The fourth-order valence-electron chi connectivity index (χ4n) is 3.83. The van der Waals surface area contributed by atoms with Crippen molar-refractivity contribution in [2.75, 3.05) is 24.3 Å². The quantitative estimate of drug-likeness (QED) is 0.139. The van der Waals surface area contributed by atoms with Gasteiger partial charge in [-0.2, -0.15) is 8.42 Å². The number of carbonyl (C=O) groups excluding carboxylic acids is 1. The number of nitrogens with one attached hydrogen (secondary N) is 1. The second-order valence-electron chi connectivity index (χ2n) is 9.50. The lowest BCUT2D eigenvalue weighted by Crippen LogP contribution is -2.13. The fraction of sp³-hybridized carbons (Fsp3) is 0.345. The minimum absolute atomic E-state index is 0.0660. The molecule has 0 aliphatic heterocycles. The number of ether oxygens (including phenoxy) is 2. The van der Waals surface area contributed by atoms with Crippen LogP contribution in [0, 0.1) is 5.92 Å². The number of anilines is 2. The number of aryl methyl sites for hydroxylation is 1. The zero-order valence-corrected chi connectivity index (χ0v) is 22.6. The normalized spacial score (nSPS) is 11.4. The molecule has 0 radical (unpaired) electrons. The molecule has 0 fully saturated rings. The molecule has 0 unspecified atom stereocenters. The first kappa shape index (κ1) is 29.0. The van der Waals surface area contributed by atoms with Gasteiger partial charge in [0.05, 0.1) is 11.4 Å². The predicted molar refractivity (Wildman–Crippen MR) is 148 cm³/mol. The predicted octanol–water partition coefficient (Wildman–Crippen LogP) is 6.40. The second kappa shape index (κ2) is 13.8. The summed E-state index contributed by atoms with van der Waals surface area (Å²) in [4.78, 5) is 11.9. The Hall–Kier alpha value is -3.59. The lowest BCUT2D eigenvalue weighted by Gasteiger charge is -2.11. The molecule has 204 valence electrons. The molecule has 0 aliphatic rings. The first-order chi connectivity index (χ1) is 18.1. The molecule has 3 rings (SSSR count). The minimum Gasteiger partial charge on any atom is -0.490 e. The maximum atomic E-state index is 13.1. The summed E-state index contributed by atoms with van der Waals surface area (Å²) in [7, 11) is -4.88. The molecular weight excluding hydrogens is 507 g/mol. The Morgan fingerprint density at radius 2 is 1.50 bits per heavy atom. The highest BCUT2D eigenvalue weighted by Gasteiger charge is 2.15. The molecule has 7 nitrogen and oxygen atoms in total. The summed E-state index contributed by atoms with van der Waals surface area (Å²) in [6.07, 6.45) is 6.13. The van der Waals surface area contributed by atoms with Crippen LogP contribution in [0.1, 0.15) is 55.5 Å². The minimum atomic E-state index is -4.88. The van der Waals surface area contributed by atoms with Gasteiger partial charge in [-0.25, -0.2) is 0 Å². The van der Waals surface area contributed by atoms with Crippen molar-refractivity contribution >= 4 is 27.5 Å². The van der Waals surface area contributed by atoms with Gasteiger partial charge in [0.15, 0.2) is 0 Å². The van der Waals surface area contributed by atoms with Gasteiger partial charge in [-0.15, -0.1) is 3.89 Å². The van der Waals surface area contributed by atoms with Crippen LogP contribution in [-0.4, -0.2) is 27.5 Å². The van der Waals surface area contributed by atoms with E-state index in [1.54, 1.807) is 24.3 Å². The van der Waals surface area contributed by atoms with Crippen LogP contribution in [0.15, 0.2) is 71.6 Å². The number of rotatable bonds is 14. The number of carbonyl (C=O) groups is 1. The van der Waals surface area contributed by atoms with E-state index in [9.17, 15) is 17.1 Å². The van der Waals surface area contributed by atoms with E-state index in [1.807, 2.05) is 12.1 Å². The molecule has 3 aromatic rings. The first-order valence-electron chi connectivity index (χ1n) is 12.7. The summed E-state index contributed by atoms with van der Waals surface area (Å²) in [5.74, 6) is 1.69. The van der Waals surface area contributed by atoms with Gasteiger partial charge in [0.25, 0.3) is 5.91 Å². The van der Waals surface area contributed by atoms with Gasteiger partial charge in [-0.3, -0.25) is 4.79 Å². The Balaban J connectivity index is 1.39. The van der Waals surface area contributed by atoms with Gasteiger partial charge in [0, 0.05) is 5.56 Å². The van der Waals surface area contributed by atoms with E-state index in [-0.39, 0.29) is 11.4 Å². The van der Waals surface area contributed by atoms with E-state index in [0.29, 0.717) is 24.5 Å². The maximum absolute atomic E-state index is 13.1. The Kier molecular flexibility index (Phi) is 10.5. The maximum Gasteiger partial charge on any atom is 0.332 e. The summed E-state index contributed by atoms with van der Waals surface area (Å²) in [5, 5.41) is 2.58. The highest BCUT2D eigenvalue weighted by Crippen LogP contribution is 2.24. The number of nitrogens with two attached hydrogens (primary N) is 1. The number of nitrogen functional groups attached to an aromatic ring is 1. The van der Waals surface area contributed by atoms with Crippen molar-refractivity contribution in [1.29, 1.82) is 0 Å². The van der Waals surface area contributed by atoms with Gasteiger partial charge >= 0.3 is 10.2 Å². The monoisotopic (exact) mass is 542 g/mol. The van der Waals surface area contributed by atoms with Gasteiger partial charge in [0.1, 0.15) is 29.6 Å². The number of hydrogen-bond acceptors (Lipinski definition) is 6. The van der Waals surface area contributed by atoms with Gasteiger partial charge in [-0.1, -0.05) is 45.2 Å². The van der Waals surface area contributed by atoms with Crippen LogP contribution >= 0.6 is 0 Å². The van der Waals surface area contributed by atoms with E-state index in [2.05, 4.69) is 31.3 Å². The number of unbranched alkanes of at least 4 members (excludes halogenated alkanes) is 2. The Morgan fingerprint density at radius 1 is 0.895 bits per heavy atom. The van der Waals surface area contributed by atoms with Crippen LogP contribution < -0.4 is 20.5 Å². The average molecular weight is 543 g/mol. The zero-order chi connectivity index (χ0) is 27.5. The molecule has 0 aromatic heterocycles. The zero-order valence-electron chi connectivity index (χ0n) is 21.8. The molecule has 0 aliphatic carbocycles. The number of benzene rings is 3. The molecule has 0 spiro atoms. The fourth-order valence-corrected chi connectivity index (χ4v) is 4.33. The highest BCUT2D eigenvalue weighted by atomic mass is 32.3. The molecule has 0 bridgehead atoms. The molecule has 0 heterocycles. The Labute approximate surface area is 224 Å². The standard InChI is InChI=1S/C29H35FN2O5S/c1-21(2)6-4-3-5-7-22-8-12-24(13-9-22)36-18-19-37-25-14-10-23(11-15-25)29(33)32-28-17-16-26(20-27(28)31)38(30,34)35/h8-17,20-21H,3-7,18-19,31H2,1-2H3,(H,32,33). The lowest BCUT2D eigenvalue weighted by molar-refractivity contribution is 0.102. The van der Waals surface area contributed by atoms with Gasteiger partial charge < -0.3 is 20.5 Å². The van der Waals surface area contributed by atoms with Crippen LogP contribution in [0.3, 0.4) is 0 Å². The van der Waals surface area contributed by atoms with Gasteiger partial charge in [0.2, 0.25) is 0 Å². The Morgan fingerprint density at radius 3 is 2.05 bits per heavy atom. The van der Waals surface area contributed by atoms with E-state index in [0.717, 1.165) is 30.2 Å². The lowest BCUT2D eigenvalue weighted by atomic mass is 10.0. The summed E-state index contributed by atoms with van der Waals surface area (Å²) >= 11 is 0. The molecule has 38 heavy (non-hydrogen) atoms. The summed E-state index contributed by atoms with van der Waals surface area (Å²) < 4.78 is 46.5. The van der Waals surface area contributed by atoms with E-state index >= 15 is 0 Å². The Bertz CT molecular complexity index is 1290. The third-order valence-corrected chi connectivity index (χ3v) is 6.78. The summed E-state index contributed by atoms with van der Waals surface area (Å²) in [6, 6.07) is 17.9. The number of halogens is 1. The highest BCUT2D eigenvalue weighted by molar-refractivity contribution is 7.86. The van der Waals surface area contributed by atoms with Crippen molar-refractivity contribution in [3.05, 3.63) is 77.9 Å². The summed E-state index contributed by atoms with van der Waals surface area (Å²) in [6.45, 7) is 5.24. The largest absolute Gasteiger partial charge is 0.490 e. The topological polar surface area (TPSA) is 108 Å². The first-order valence-corrected chi connectivity index (χ1v) is 14.1. The van der Waals surface area contributed by atoms with E-state index < -0.39 is 21.0 Å². The number of hydrogen-bond donors (Lipinski definition) is 2. The molecular formula is C29H35FN2O5S. The van der Waals surface area contributed by atoms with Gasteiger partial charge in [-0.05, 0) is 78.9 Å². The van der Waals surface area contributed by atoms with Crippen molar-refractivity contribution < 1.29 is 26.6 Å². The van der Waals surface area contributed by atoms with Crippen molar-refractivity contribution in [2.45, 2.75) is 50.8 Å². The number of amides is 1. The smallest absolute Gasteiger partial charge is 0.332 e. The van der Waals surface area contributed by atoms with Crippen molar-refractivity contribution in [2.24, 2.45) is 5.92 Å². The molecule has 0 saturated carbocycles. The van der Waals surface area contributed by atoms with Crippen molar-refractivity contribution in [3.63, 3.8) is 0 Å². The van der Waals surface area contributed by atoms with Crippen molar-refractivity contribution in [3.8, 4) is 11.5 Å². The third-order valence-electron chi connectivity index (χ3n) is 5.96. The van der Waals surface area contributed by atoms with E-state index in [1.165, 1.54) is 37.3 Å². The SMILES string of the molecule is CC(C)CCCCCc1ccc(OCCOc2ccc(C(=O)Nc3ccc(S(=O)(=O)F)cc3N)cc2)cc1. The molecule has 3 aromatic carbocycles. The molecule has 1 amide bonds. The van der Waals surface area contributed by atoms with Crippen LogP contribution in [0.5, 0.6) is 11.5 Å². The molecule has 3 N–H and O–H groups in total. The van der Waals surface area contributed by atoms with Crippen LogP contribution in [0.25, 0.3) is 0 Å². The molecule has 0 atom stereocenters.